The summed E-state index contributed by atoms with van der Waals surface area (Å²) < 4.78 is 16.9. The predicted molar refractivity (Wildman–Crippen MR) is 87.4 cm³/mol. The SMILES string of the molecule is CCCCCOC(=O)C12CCCCC1(c1ccc(OC)cc1)O2. The Morgan fingerprint density at radius 3 is 2.61 bits per heavy atom. The van der Waals surface area contributed by atoms with E-state index in [-0.39, 0.29) is 5.97 Å². The van der Waals surface area contributed by atoms with Gasteiger partial charge in [0.05, 0.1) is 13.7 Å². The van der Waals surface area contributed by atoms with Crippen molar-refractivity contribution in [1.29, 1.82) is 0 Å². The van der Waals surface area contributed by atoms with Gasteiger partial charge in [0, 0.05) is 0 Å². The molecule has 1 aromatic carbocycles. The Bertz CT molecular complexity index is 553. The van der Waals surface area contributed by atoms with Gasteiger partial charge >= 0.3 is 5.97 Å². The summed E-state index contributed by atoms with van der Waals surface area (Å²) in [6.07, 6.45) is 6.86. The molecule has 0 radical (unpaired) electrons. The summed E-state index contributed by atoms with van der Waals surface area (Å²) >= 11 is 0. The van der Waals surface area contributed by atoms with Gasteiger partial charge < -0.3 is 14.2 Å². The molecule has 1 aliphatic heterocycles. The number of hydrogen-bond donors (Lipinski definition) is 0. The zero-order valence-corrected chi connectivity index (χ0v) is 14.1. The number of rotatable bonds is 7. The molecule has 0 bridgehead atoms. The molecule has 4 nitrogen and oxygen atoms in total. The maximum absolute atomic E-state index is 12.7. The van der Waals surface area contributed by atoms with Crippen molar-refractivity contribution in [3.8, 4) is 5.75 Å². The van der Waals surface area contributed by atoms with Crippen LogP contribution in [0.5, 0.6) is 5.75 Å². The summed E-state index contributed by atoms with van der Waals surface area (Å²) in [6, 6.07) is 7.88. The Balaban J connectivity index is 1.74. The van der Waals surface area contributed by atoms with Crippen LogP contribution in [0.4, 0.5) is 0 Å². The fourth-order valence-corrected chi connectivity index (χ4v) is 3.76. The zero-order valence-electron chi connectivity index (χ0n) is 14.1. The quantitative estimate of drug-likeness (QED) is 0.434. The Labute approximate surface area is 138 Å². The third kappa shape index (κ3) is 2.74. The molecular weight excluding hydrogens is 292 g/mol. The number of carbonyl (C=O) groups is 1. The third-order valence-corrected chi connectivity index (χ3v) is 5.13. The summed E-state index contributed by atoms with van der Waals surface area (Å²) in [5.41, 5.74) is -0.186. The lowest BCUT2D eigenvalue weighted by Gasteiger charge is -2.24. The summed E-state index contributed by atoms with van der Waals surface area (Å²) in [6.45, 7) is 2.64. The molecule has 1 saturated carbocycles. The molecule has 1 heterocycles. The highest BCUT2D eigenvalue weighted by molar-refractivity contribution is 5.85. The standard InChI is InChI=1S/C19H26O4/c1-3-4-7-14-22-17(20)19-13-6-5-12-18(19,23-19)15-8-10-16(21-2)11-9-15/h8-11H,3-7,12-14H2,1-2H3. The van der Waals surface area contributed by atoms with E-state index in [1.165, 1.54) is 0 Å². The first-order valence-corrected chi connectivity index (χ1v) is 8.70. The average molecular weight is 318 g/mol. The normalized spacial score (nSPS) is 28.8. The molecule has 2 atom stereocenters. The predicted octanol–water partition coefficient (Wildman–Crippen LogP) is 3.97. The lowest BCUT2D eigenvalue weighted by molar-refractivity contribution is -0.150. The van der Waals surface area contributed by atoms with Gasteiger partial charge in [-0.2, -0.15) is 0 Å². The number of carbonyl (C=O) groups excluding carboxylic acids is 1. The van der Waals surface area contributed by atoms with Crippen molar-refractivity contribution in [2.45, 2.75) is 63.1 Å². The highest BCUT2D eigenvalue weighted by Gasteiger charge is 2.76. The first kappa shape index (κ1) is 16.3. The third-order valence-electron chi connectivity index (χ3n) is 5.13. The van der Waals surface area contributed by atoms with Crippen molar-refractivity contribution in [1.82, 2.24) is 0 Å². The minimum atomic E-state index is -0.758. The molecule has 2 unspecified atom stereocenters. The molecule has 23 heavy (non-hydrogen) atoms. The molecule has 2 fully saturated rings. The Kier molecular flexibility index (Phi) is 4.62. The van der Waals surface area contributed by atoms with Gasteiger partial charge in [-0.15, -0.1) is 0 Å². The smallest absolute Gasteiger partial charge is 0.341 e. The number of fused-ring (bicyclic) bond motifs is 1. The van der Waals surface area contributed by atoms with Crippen molar-refractivity contribution in [2.75, 3.05) is 13.7 Å². The second-order valence-electron chi connectivity index (χ2n) is 6.53. The number of methoxy groups -OCH3 is 1. The van der Waals surface area contributed by atoms with Crippen LogP contribution in [-0.2, 0) is 19.9 Å². The van der Waals surface area contributed by atoms with Crippen LogP contribution >= 0.6 is 0 Å². The maximum Gasteiger partial charge on any atom is 0.341 e. The van der Waals surface area contributed by atoms with Crippen molar-refractivity contribution < 1.29 is 19.0 Å². The van der Waals surface area contributed by atoms with E-state index in [4.69, 9.17) is 14.2 Å². The fraction of sp³-hybridized carbons (Fsp3) is 0.632. The van der Waals surface area contributed by atoms with Gasteiger partial charge in [-0.25, -0.2) is 4.79 Å². The lowest BCUT2D eigenvalue weighted by Crippen LogP contribution is -2.37. The highest BCUT2D eigenvalue weighted by Crippen LogP contribution is 2.64. The number of hydrogen-bond acceptors (Lipinski definition) is 4. The van der Waals surface area contributed by atoms with Crippen LogP contribution in [0.15, 0.2) is 24.3 Å². The van der Waals surface area contributed by atoms with Crippen LogP contribution in [-0.4, -0.2) is 25.3 Å². The van der Waals surface area contributed by atoms with E-state index in [0.717, 1.165) is 56.3 Å². The van der Waals surface area contributed by atoms with Gasteiger partial charge in [0.25, 0.3) is 0 Å². The summed E-state index contributed by atoms with van der Waals surface area (Å²) in [7, 11) is 1.65. The van der Waals surface area contributed by atoms with Crippen LogP contribution in [0.1, 0.15) is 57.4 Å². The van der Waals surface area contributed by atoms with Crippen LogP contribution in [0.2, 0.25) is 0 Å². The van der Waals surface area contributed by atoms with Gasteiger partial charge in [0.1, 0.15) is 11.4 Å². The first-order valence-electron chi connectivity index (χ1n) is 8.70. The van der Waals surface area contributed by atoms with Gasteiger partial charge in [-0.1, -0.05) is 31.9 Å². The molecule has 1 aliphatic carbocycles. The molecular formula is C19H26O4. The van der Waals surface area contributed by atoms with E-state index in [1.807, 2.05) is 24.3 Å². The fourth-order valence-electron chi connectivity index (χ4n) is 3.76. The van der Waals surface area contributed by atoms with E-state index in [2.05, 4.69) is 6.92 Å². The van der Waals surface area contributed by atoms with Crippen LogP contribution in [0, 0.1) is 0 Å². The number of unbranched alkanes of at least 4 members (excludes halogenated alkanes) is 2. The molecule has 3 rings (SSSR count). The molecule has 1 saturated heterocycles. The van der Waals surface area contributed by atoms with Crippen molar-refractivity contribution >= 4 is 5.97 Å². The van der Waals surface area contributed by atoms with E-state index in [1.54, 1.807) is 7.11 Å². The molecule has 0 spiro atoms. The number of epoxide rings is 1. The molecule has 126 valence electrons. The van der Waals surface area contributed by atoms with Gasteiger partial charge in [-0.05, 0) is 49.8 Å². The summed E-state index contributed by atoms with van der Waals surface area (Å²) in [4.78, 5) is 12.7. The van der Waals surface area contributed by atoms with E-state index in [9.17, 15) is 4.79 Å². The van der Waals surface area contributed by atoms with Crippen LogP contribution in [0.25, 0.3) is 0 Å². The van der Waals surface area contributed by atoms with Gasteiger partial charge in [-0.3, -0.25) is 0 Å². The van der Waals surface area contributed by atoms with Crippen LogP contribution < -0.4 is 4.74 Å². The van der Waals surface area contributed by atoms with Gasteiger partial charge in [0.15, 0.2) is 5.60 Å². The van der Waals surface area contributed by atoms with E-state index < -0.39 is 11.2 Å². The maximum atomic E-state index is 12.7. The topological polar surface area (TPSA) is 48.1 Å². The Hall–Kier alpha value is -1.55. The zero-order chi connectivity index (χ0) is 16.3. The molecule has 1 aromatic rings. The summed E-state index contributed by atoms with van der Waals surface area (Å²) in [5, 5.41) is 0. The van der Waals surface area contributed by atoms with Gasteiger partial charge in [0.2, 0.25) is 0 Å². The first-order chi connectivity index (χ1) is 11.2. The number of esters is 1. The number of ether oxygens (including phenoxy) is 3. The van der Waals surface area contributed by atoms with Crippen LogP contribution in [0.3, 0.4) is 0 Å². The highest BCUT2D eigenvalue weighted by atomic mass is 16.7. The second kappa shape index (κ2) is 6.52. The van der Waals surface area contributed by atoms with E-state index >= 15 is 0 Å². The van der Waals surface area contributed by atoms with Crippen molar-refractivity contribution in [2.24, 2.45) is 0 Å². The number of benzene rings is 1. The average Bonchev–Trinajstić information content (AvgIpc) is 3.31. The van der Waals surface area contributed by atoms with Crippen molar-refractivity contribution in [3.05, 3.63) is 29.8 Å². The lowest BCUT2D eigenvalue weighted by atomic mass is 9.75. The molecule has 4 heteroatoms. The van der Waals surface area contributed by atoms with Crippen molar-refractivity contribution in [3.63, 3.8) is 0 Å². The minimum absolute atomic E-state index is 0.177. The minimum Gasteiger partial charge on any atom is -0.497 e. The molecule has 0 aromatic heterocycles. The molecule has 0 N–H and O–H groups in total. The summed E-state index contributed by atoms with van der Waals surface area (Å²) in [5.74, 6) is 0.637. The second-order valence-corrected chi connectivity index (χ2v) is 6.53. The largest absolute Gasteiger partial charge is 0.497 e. The Morgan fingerprint density at radius 1 is 1.17 bits per heavy atom. The molecule has 0 amide bonds. The monoisotopic (exact) mass is 318 g/mol. The van der Waals surface area contributed by atoms with E-state index in [0.29, 0.717) is 6.61 Å². The molecule has 2 aliphatic rings. The Morgan fingerprint density at radius 2 is 1.91 bits per heavy atom.